The van der Waals surface area contributed by atoms with Crippen molar-refractivity contribution in [2.75, 3.05) is 7.11 Å². The summed E-state index contributed by atoms with van der Waals surface area (Å²) in [5.74, 6) is -1.78. The van der Waals surface area contributed by atoms with Gasteiger partial charge in [0.05, 0.1) is 23.8 Å². The monoisotopic (exact) mass is 376 g/mol. The van der Waals surface area contributed by atoms with Gasteiger partial charge in [0.2, 0.25) is 0 Å². The van der Waals surface area contributed by atoms with Gasteiger partial charge in [0.15, 0.2) is 0 Å². The molecule has 28 heavy (non-hydrogen) atoms. The Labute approximate surface area is 161 Å². The van der Waals surface area contributed by atoms with E-state index in [1.807, 2.05) is 0 Å². The molecule has 0 aliphatic carbocycles. The standard InChI is InChI=1S/C22H16O6/c1-26-20(23)17-12-18(27-21(24)15-8-4-2-5-9-15)14-19(13-17)28-22(25)16-10-6-3-7-11-16/h2-14H,1H3. The van der Waals surface area contributed by atoms with Gasteiger partial charge in [-0.1, -0.05) is 36.4 Å². The Bertz CT molecular complexity index is 924. The summed E-state index contributed by atoms with van der Waals surface area (Å²) >= 11 is 0. The van der Waals surface area contributed by atoms with Gasteiger partial charge in [0, 0.05) is 6.07 Å². The number of carbonyl (C=O) groups is 3. The third-order valence-corrected chi connectivity index (χ3v) is 3.74. The van der Waals surface area contributed by atoms with Crippen LogP contribution in [-0.4, -0.2) is 25.0 Å². The van der Waals surface area contributed by atoms with Crippen molar-refractivity contribution in [3.05, 3.63) is 95.6 Å². The summed E-state index contributed by atoms with van der Waals surface area (Å²) in [5.41, 5.74) is 0.763. The van der Waals surface area contributed by atoms with E-state index in [4.69, 9.17) is 14.2 Å². The Morgan fingerprint density at radius 3 is 1.39 bits per heavy atom. The highest BCUT2D eigenvalue weighted by molar-refractivity contribution is 5.94. The quantitative estimate of drug-likeness (QED) is 0.496. The van der Waals surface area contributed by atoms with Crippen molar-refractivity contribution in [2.24, 2.45) is 0 Å². The predicted octanol–water partition coefficient (Wildman–Crippen LogP) is 3.91. The minimum absolute atomic E-state index is 0.0487. The average Bonchev–Trinajstić information content (AvgIpc) is 2.74. The van der Waals surface area contributed by atoms with Crippen molar-refractivity contribution >= 4 is 17.9 Å². The first-order valence-electron chi connectivity index (χ1n) is 8.34. The van der Waals surface area contributed by atoms with Crippen molar-refractivity contribution in [2.45, 2.75) is 0 Å². The van der Waals surface area contributed by atoms with E-state index in [1.54, 1.807) is 60.7 Å². The molecule has 0 radical (unpaired) electrons. The molecule has 6 heteroatoms. The molecule has 3 rings (SSSR count). The van der Waals surface area contributed by atoms with Gasteiger partial charge in [-0.25, -0.2) is 14.4 Å². The van der Waals surface area contributed by atoms with E-state index in [2.05, 4.69) is 0 Å². The fourth-order valence-corrected chi connectivity index (χ4v) is 2.41. The second-order valence-corrected chi connectivity index (χ2v) is 5.70. The molecule has 0 unspecified atom stereocenters. The molecule has 3 aromatic rings. The van der Waals surface area contributed by atoms with Gasteiger partial charge >= 0.3 is 17.9 Å². The lowest BCUT2D eigenvalue weighted by Gasteiger charge is -2.10. The largest absolute Gasteiger partial charge is 0.465 e. The molecule has 0 fully saturated rings. The van der Waals surface area contributed by atoms with Crippen molar-refractivity contribution in [1.82, 2.24) is 0 Å². The van der Waals surface area contributed by atoms with Gasteiger partial charge in [0.25, 0.3) is 0 Å². The maximum atomic E-state index is 12.3. The van der Waals surface area contributed by atoms with Crippen LogP contribution in [-0.2, 0) is 4.74 Å². The molecule has 0 aliphatic rings. The molecule has 0 aromatic heterocycles. The van der Waals surface area contributed by atoms with Crippen molar-refractivity contribution in [3.63, 3.8) is 0 Å². The molecule has 140 valence electrons. The Morgan fingerprint density at radius 1 is 0.571 bits per heavy atom. The summed E-state index contributed by atoms with van der Waals surface area (Å²) in [5, 5.41) is 0. The normalized spacial score (nSPS) is 10.0. The maximum absolute atomic E-state index is 12.3. The highest BCUT2D eigenvalue weighted by atomic mass is 16.5. The fourth-order valence-electron chi connectivity index (χ4n) is 2.41. The van der Waals surface area contributed by atoms with Crippen LogP contribution in [0.2, 0.25) is 0 Å². The minimum atomic E-state index is -0.658. The summed E-state index contributed by atoms with van der Waals surface area (Å²) in [6.07, 6.45) is 0. The highest BCUT2D eigenvalue weighted by Crippen LogP contribution is 2.25. The maximum Gasteiger partial charge on any atom is 0.343 e. The number of carbonyl (C=O) groups excluding carboxylic acids is 3. The first-order chi connectivity index (χ1) is 13.6. The van der Waals surface area contributed by atoms with Crippen LogP contribution in [0, 0.1) is 0 Å². The van der Waals surface area contributed by atoms with Gasteiger partial charge < -0.3 is 14.2 Å². The van der Waals surface area contributed by atoms with Crippen LogP contribution < -0.4 is 9.47 Å². The molecule has 0 amide bonds. The summed E-state index contributed by atoms with van der Waals surface area (Å²) < 4.78 is 15.4. The number of hydrogen-bond acceptors (Lipinski definition) is 6. The van der Waals surface area contributed by atoms with E-state index in [0.717, 1.165) is 0 Å². The van der Waals surface area contributed by atoms with Gasteiger partial charge in [-0.3, -0.25) is 0 Å². The lowest BCUT2D eigenvalue weighted by molar-refractivity contribution is 0.0594. The van der Waals surface area contributed by atoms with Crippen LogP contribution in [0.15, 0.2) is 78.9 Å². The third-order valence-electron chi connectivity index (χ3n) is 3.74. The van der Waals surface area contributed by atoms with E-state index in [0.29, 0.717) is 11.1 Å². The van der Waals surface area contributed by atoms with Gasteiger partial charge in [-0.15, -0.1) is 0 Å². The van der Waals surface area contributed by atoms with Crippen molar-refractivity contribution in [1.29, 1.82) is 0 Å². The topological polar surface area (TPSA) is 78.9 Å². The summed E-state index contributed by atoms with van der Waals surface area (Å²) in [7, 11) is 1.22. The molecule has 0 atom stereocenters. The van der Waals surface area contributed by atoms with E-state index in [9.17, 15) is 14.4 Å². The minimum Gasteiger partial charge on any atom is -0.465 e. The fraction of sp³-hybridized carbons (Fsp3) is 0.0455. The Hall–Kier alpha value is -3.93. The Morgan fingerprint density at radius 2 is 1.00 bits per heavy atom. The smallest absolute Gasteiger partial charge is 0.343 e. The van der Waals surface area contributed by atoms with Crippen LogP contribution in [0.25, 0.3) is 0 Å². The summed E-state index contributed by atoms with van der Waals surface area (Å²) in [4.78, 5) is 36.5. The van der Waals surface area contributed by atoms with Gasteiger partial charge in [-0.05, 0) is 36.4 Å². The predicted molar refractivity (Wildman–Crippen MR) is 101 cm³/mol. The van der Waals surface area contributed by atoms with Crippen LogP contribution >= 0.6 is 0 Å². The zero-order valence-electron chi connectivity index (χ0n) is 15.0. The summed E-state index contributed by atoms with van der Waals surface area (Å²) in [6, 6.07) is 20.8. The molecule has 3 aromatic carbocycles. The van der Waals surface area contributed by atoms with Crippen LogP contribution in [0.1, 0.15) is 31.1 Å². The lowest BCUT2D eigenvalue weighted by atomic mass is 10.2. The Kier molecular flexibility index (Phi) is 5.81. The lowest BCUT2D eigenvalue weighted by Crippen LogP contribution is -2.12. The first-order valence-corrected chi connectivity index (χ1v) is 8.34. The Balaban J connectivity index is 1.87. The molecule has 0 saturated carbocycles. The second kappa shape index (κ2) is 8.64. The summed E-state index contributed by atoms with van der Waals surface area (Å²) in [6.45, 7) is 0. The zero-order valence-corrected chi connectivity index (χ0v) is 15.0. The van der Waals surface area contributed by atoms with E-state index in [1.165, 1.54) is 25.3 Å². The molecule has 0 bridgehead atoms. The number of hydrogen-bond donors (Lipinski definition) is 0. The van der Waals surface area contributed by atoms with E-state index in [-0.39, 0.29) is 17.1 Å². The molecular weight excluding hydrogens is 360 g/mol. The zero-order chi connectivity index (χ0) is 19.9. The molecule has 0 aliphatic heterocycles. The number of esters is 3. The first kappa shape index (κ1) is 18.8. The molecule has 6 nitrogen and oxygen atoms in total. The van der Waals surface area contributed by atoms with Crippen LogP contribution in [0.3, 0.4) is 0 Å². The number of benzene rings is 3. The van der Waals surface area contributed by atoms with Crippen LogP contribution in [0.4, 0.5) is 0 Å². The number of rotatable bonds is 5. The molecule has 0 saturated heterocycles. The molecular formula is C22H16O6. The van der Waals surface area contributed by atoms with Gasteiger partial charge in [0.1, 0.15) is 11.5 Å². The SMILES string of the molecule is COC(=O)c1cc(OC(=O)c2ccccc2)cc(OC(=O)c2ccccc2)c1. The van der Waals surface area contributed by atoms with E-state index >= 15 is 0 Å². The average molecular weight is 376 g/mol. The van der Waals surface area contributed by atoms with Crippen molar-refractivity contribution < 1.29 is 28.6 Å². The van der Waals surface area contributed by atoms with Crippen LogP contribution in [0.5, 0.6) is 11.5 Å². The van der Waals surface area contributed by atoms with E-state index < -0.39 is 17.9 Å². The van der Waals surface area contributed by atoms with Crippen molar-refractivity contribution in [3.8, 4) is 11.5 Å². The van der Waals surface area contributed by atoms with Gasteiger partial charge in [-0.2, -0.15) is 0 Å². The molecule has 0 heterocycles. The molecule has 0 N–H and O–H groups in total. The highest BCUT2D eigenvalue weighted by Gasteiger charge is 2.16. The number of ether oxygens (including phenoxy) is 3. The second-order valence-electron chi connectivity index (χ2n) is 5.70. The number of methoxy groups -OCH3 is 1. The third kappa shape index (κ3) is 4.62. The molecule has 0 spiro atoms.